The van der Waals surface area contributed by atoms with Crippen molar-refractivity contribution in [2.24, 2.45) is 5.92 Å². The lowest BCUT2D eigenvalue weighted by Crippen LogP contribution is -2.23. The maximum absolute atomic E-state index is 10.7. The van der Waals surface area contributed by atoms with Crippen molar-refractivity contribution < 1.29 is 9.66 Å². The number of nitro benzene ring substituents is 1. The Hall–Kier alpha value is -1.29. The fourth-order valence-electron chi connectivity index (χ4n) is 2.56. The van der Waals surface area contributed by atoms with E-state index in [1.165, 1.54) is 31.4 Å². The van der Waals surface area contributed by atoms with Crippen LogP contribution in [0.25, 0.3) is 0 Å². The number of halogens is 1. The maximum atomic E-state index is 10.7. The normalized spacial score (nSPS) is 23.1. The van der Waals surface area contributed by atoms with Gasteiger partial charge in [-0.25, -0.2) is 0 Å². The second-order valence-electron chi connectivity index (χ2n) is 5.04. The predicted octanol–water partition coefficient (Wildman–Crippen LogP) is 4.60. The van der Waals surface area contributed by atoms with Gasteiger partial charge in [0.15, 0.2) is 0 Å². The molecule has 0 bridgehead atoms. The monoisotopic (exact) mass is 283 g/mol. The lowest BCUT2D eigenvalue weighted by atomic mass is 9.86. The molecule has 0 heterocycles. The summed E-state index contributed by atoms with van der Waals surface area (Å²) in [4.78, 5) is 10.2. The summed E-state index contributed by atoms with van der Waals surface area (Å²) in [6, 6.07) is 4.55. The molecular formula is C14H18ClNO3. The minimum Gasteiger partial charge on any atom is -0.490 e. The van der Waals surface area contributed by atoms with Crippen LogP contribution in [0.3, 0.4) is 0 Å². The molecule has 5 heteroatoms. The van der Waals surface area contributed by atoms with Gasteiger partial charge in [0.05, 0.1) is 11.0 Å². The van der Waals surface area contributed by atoms with Crippen molar-refractivity contribution in [1.29, 1.82) is 0 Å². The Morgan fingerprint density at radius 2 is 2.05 bits per heavy atom. The molecule has 1 aromatic carbocycles. The molecule has 0 radical (unpaired) electrons. The highest BCUT2D eigenvalue weighted by atomic mass is 35.5. The van der Waals surface area contributed by atoms with Gasteiger partial charge in [-0.05, 0) is 37.7 Å². The first-order valence-electron chi connectivity index (χ1n) is 6.70. The van der Waals surface area contributed by atoms with Crippen LogP contribution in [0.5, 0.6) is 5.75 Å². The Morgan fingerprint density at radius 1 is 1.37 bits per heavy atom. The third-order valence-electron chi connectivity index (χ3n) is 3.79. The van der Waals surface area contributed by atoms with E-state index in [0.717, 1.165) is 18.8 Å². The van der Waals surface area contributed by atoms with E-state index in [0.29, 0.717) is 5.75 Å². The molecular weight excluding hydrogens is 266 g/mol. The highest BCUT2D eigenvalue weighted by Crippen LogP contribution is 2.32. The number of ether oxygens (including phenoxy) is 1. The van der Waals surface area contributed by atoms with Gasteiger partial charge in [-0.1, -0.05) is 24.9 Å². The first-order chi connectivity index (χ1) is 9.10. The number of nitro groups is 1. The van der Waals surface area contributed by atoms with Crippen molar-refractivity contribution in [1.82, 2.24) is 0 Å². The van der Waals surface area contributed by atoms with E-state index in [9.17, 15) is 10.1 Å². The predicted molar refractivity (Wildman–Crippen MR) is 74.8 cm³/mol. The van der Waals surface area contributed by atoms with Gasteiger partial charge in [0, 0.05) is 12.1 Å². The molecule has 0 unspecified atom stereocenters. The van der Waals surface area contributed by atoms with Crippen molar-refractivity contribution in [3.63, 3.8) is 0 Å². The van der Waals surface area contributed by atoms with Crippen molar-refractivity contribution in [3.05, 3.63) is 33.3 Å². The van der Waals surface area contributed by atoms with Crippen LogP contribution in [0.1, 0.15) is 39.0 Å². The minimum atomic E-state index is -0.488. The quantitative estimate of drug-likeness (QED) is 0.599. The van der Waals surface area contributed by atoms with Crippen molar-refractivity contribution >= 4 is 17.3 Å². The van der Waals surface area contributed by atoms with Gasteiger partial charge >= 0.3 is 0 Å². The Balaban J connectivity index is 1.97. The Kier molecular flexibility index (Phi) is 4.64. The smallest absolute Gasteiger partial charge is 0.288 e. The van der Waals surface area contributed by atoms with Crippen molar-refractivity contribution in [3.8, 4) is 5.75 Å². The van der Waals surface area contributed by atoms with Crippen molar-refractivity contribution in [2.45, 2.75) is 45.1 Å². The summed E-state index contributed by atoms with van der Waals surface area (Å²) >= 11 is 5.87. The van der Waals surface area contributed by atoms with Gasteiger partial charge in [0.2, 0.25) is 0 Å². The zero-order valence-electron chi connectivity index (χ0n) is 11.0. The molecule has 104 valence electrons. The third kappa shape index (κ3) is 3.60. The summed E-state index contributed by atoms with van der Waals surface area (Å²) in [6.07, 6.45) is 5.93. The molecule has 19 heavy (non-hydrogen) atoms. The molecule has 0 spiro atoms. The molecule has 0 aliphatic heterocycles. The number of hydrogen-bond donors (Lipinski definition) is 0. The highest BCUT2D eigenvalue weighted by Gasteiger charge is 2.22. The average molecular weight is 284 g/mol. The van der Waals surface area contributed by atoms with E-state index >= 15 is 0 Å². The van der Waals surface area contributed by atoms with Gasteiger partial charge < -0.3 is 4.74 Å². The standard InChI is InChI=1S/C14H18ClNO3/c1-2-10-3-5-11(6-4-10)19-12-7-8-14(16(17)18)13(15)9-12/h7-11H,2-6H2,1H3. The molecule has 0 aromatic heterocycles. The Bertz CT molecular complexity index is 456. The molecule has 1 fully saturated rings. The van der Waals surface area contributed by atoms with E-state index in [1.807, 2.05) is 0 Å². The molecule has 2 rings (SSSR count). The van der Waals surface area contributed by atoms with Gasteiger partial charge in [-0.3, -0.25) is 10.1 Å². The summed E-state index contributed by atoms with van der Waals surface area (Å²) in [5.41, 5.74) is -0.0799. The zero-order valence-corrected chi connectivity index (χ0v) is 11.7. The molecule has 0 amide bonds. The highest BCUT2D eigenvalue weighted by molar-refractivity contribution is 6.32. The fraction of sp³-hybridized carbons (Fsp3) is 0.571. The van der Waals surface area contributed by atoms with Crippen LogP contribution in [0, 0.1) is 16.0 Å². The van der Waals surface area contributed by atoms with Crippen LogP contribution in [0.15, 0.2) is 18.2 Å². The molecule has 1 saturated carbocycles. The topological polar surface area (TPSA) is 52.4 Å². The minimum absolute atomic E-state index is 0.0799. The zero-order chi connectivity index (χ0) is 13.8. The van der Waals surface area contributed by atoms with Crippen LogP contribution in [-0.4, -0.2) is 11.0 Å². The molecule has 0 atom stereocenters. The largest absolute Gasteiger partial charge is 0.490 e. The Morgan fingerprint density at radius 3 is 2.58 bits per heavy atom. The number of nitrogens with zero attached hydrogens (tertiary/aromatic N) is 1. The molecule has 0 N–H and O–H groups in total. The van der Waals surface area contributed by atoms with E-state index < -0.39 is 4.92 Å². The van der Waals surface area contributed by atoms with Crippen LogP contribution < -0.4 is 4.74 Å². The van der Waals surface area contributed by atoms with Gasteiger partial charge in [-0.2, -0.15) is 0 Å². The van der Waals surface area contributed by atoms with Crippen LogP contribution in [0.2, 0.25) is 5.02 Å². The van der Waals surface area contributed by atoms with Crippen LogP contribution in [-0.2, 0) is 0 Å². The number of hydrogen-bond acceptors (Lipinski definition) is 3. The van der Waals surface area contributed by atoms with Crippen LogP contribution in [0.4, 0.5) is 5.69 Å². The fourth-order valence-corrected chi connectivity index (χ4v) is 2.80. The lowest BCUT2D eigenvalue weighted by molar-refractivity contribution is -0.384. The summed E-state index contributed by atoms with van der Waals surface area (Å²) in [5, 5.41) is 10.8. The van der Waals surface area contributed by atoms with E-state index in [1.54, 1.807) is 6.07 Å². The summed E-state index contributed by atoms with van der Waals surface area (Å²) in [7, 11) is 0. The van der Waals surface area contributed by atoms with Crippen LogP contribution >= 0.6 is 11.6 Å². The maximum Gasteiger partial charge on any atom is 0.288 e. The number of benzene rings is 1. The summed E-state index contributed by atoms with van der Waals surface area (Å²) < 4.78 is 5.86. The summed E-state index contributed by atoms with van der Waals surface area (Å²) in [6.45, 7) is 2.22. The third-order valence-corrected chi connectivity index (χ3v) is 4.09. The summed E-state index contributed by atoms with van der Waals surface area (Å²) in [5.74, 6) is 1.44. The second-order valence-corrected chi connectivity index (χ2v) is 5.45. The van der Waals surface area contributed by atoms with Gasteiger partial charge in [-0.15, -0.1) is 0 Å². The van der Waals surface area contributed by atoms with E-state index in [2.05, 4.69) is 6.92 Å². The SMILES string of the molecule is CCC1CCC(Oc2ccc([N+](=O)[O-])c(Cl)c2)CC1. The van der Waals surface area contributed by atoms with Gasteiger partial charge in [0.1, 0.15) is 10.8 Å². The lowest BCUT2D eigenvalue weighted by Gasteiger charge is -2.28. The first kappa shape index (κ1) is 14.1. The first-order valence-corrected chi connectivity index (χ1v) is 7.08. The van der Waals surface area contributed by atoms with E-state index in [-0.39, 0.29) is 16.8 Å². The molecule has 1 aromatic rings. The van der Waals surface area contributed by atoms with E-state index in [4.69, 9.17) is 16.3 Å². The second kappa shape index (κ2) is 6.24. The molecule has 1 aliphatic rings. The number of rotatable bonds is 4. The van der Waals surface area contributed by atoms with Gasteiger partial charge in [0.25, 0.3) is 5.69 Å². The molecule has 0 saturated heterocycles. The molecule has 4 nitrogen and oxygen atoms in total. The van der Waals surface area contributed by atoms with Crippen molar-refractivity contribution in [2.75, 3.05) is 0 Å². The Labute approximate surface area is 117 Å². The average Bonchev–Trinajstić information content (AvgIpc) is 2.39. The molecule has 1 aliphatic carbocycles.